The minimum absolute atomic E-state index is 0.113. The van der Waals surface area contributed by atoms with Crippen LogP contribution in [0.2, 0.25) is 0 Å². The molecular formula is C16H30N2O. The van der Waals surface area contributed by atoms with Gasteiger partial charge in [-0.3, -0.25) is 4.79 Å². The van der Waals surface area contributed by atoms with E-state index in [-0.39, 0.29) is 5.91 Å². The van der Waals surface area contributed by atoms with Crippen LogP contribution in [0.15, 0.2) is 0 Å². The van der Waals surface area contributed by atoms with Crippen molar-refractivity contribution in [1.29, 1.82) is 0 Å². The molecule has 2 aliphatic carbocycles. The van der Waals surface area contributed by atoms with Crippen molar-refractivity contribution in [2.75, 3.05) is 0 Å². The van der Waals surface area contributed by atoms with Gasteiger partial charge in [-0.2, -0.15) is 0 Å². The smallest absolute Gasteiger partial charge is 0.240 e. The Morgan fingerprint density at radius 3 is 2.42 bits per heavy atom. The van der Waals surface area contributed by atoms with E-state index in [9.17, 15) is 4.79 Å². The second-order valence-electron chi connectivity index (χ2n) is 6.70. The van der Waals surface area contributed by atoms with E-state index in [1.54, 1.807) is 0 Å². The van der Waals surface area contributed by atoms with Gasteiger partial charge in [0.15, 0.2) is 0 Å². The highest BCUT2D eigenvalue weighted by molar-refractivity contribution is 5.86. The van der Waals surface area contributed by atoms with Gasteiger partial charge in [-0.25, -0.2) is 0 Å². The zero-order valence-electron chi connectivity index (χ0n) is 12.4. The summed E-state index contributed by atoms with van der Waals surface area (Å²) in [6.45, 7) is 2.26. The first-order chi connectivity index (χ1) is 9.14. The summed E-state index contributed by atoms with van der Waals surface area (Å²) >= 11 is 0. The molecule has 0 aromatic heterocycles. The summed E-state index contributed by atoms with van der Waals surface area (Å²) in [7, 11) is 0. The minimum Gasteiger partial charge on any atom is -0.352 e. The fourth-order valence-electron chi connectivity index (χ4n) is 3.65. The molecule has 2 aliphatic rings. The Labute approximate surface area is 117 Å². The molecule has 19 heavy (non-hydrogen) atoms. The van der Waals surface area contributed by atoms with Gasteiger partial charge >= 0.3 is 0 Å². The predicted octanol–water partition coefficient (Wildman–Crippen LogP) is 3.12. The molecule has 0 unspecified atom stereocenters. The van der Waals surface area contributed by atoms with Crippen LogP contribution in [0.1, 0.15) is 77.6 Å². The second-order valence-corrected chi connectivity index (χ2v) is 6.70. The molecule has 3 nitrogen and oxygen atoms in total. The molecule has 110 valence electrons. The summed E-state index contributed by atoms with van der Waals surface area (Å²) in [6, 6.07) is 0.381. The van der Waals surface area contributed by atoms with E-state index in [4.69, 9.17) is 5.73 Å². The Morgan fingerprint density at radius 1 is 1.21 bits per heavy atom. The first kappa shape index (κ1) is 14.8. The third kappa shape index (κ3) is 3.95. The van der Waals surface area contributed by atoms with Crippen LogP contribution in [0, 0.1) is 5.92 Å². The van der Waals surface area contributed by atoms with Crippen LogP contribution in [0.5, 0.6) is 0 Å². The lowest BCUT2D eigenvalue weighted by atomic mass is 9.83. The number of amides is 1. The van der Waals surface area contributed by atoms with E-state index in [0.29, 0.717) is 6.04 Å². The number of hydrogen-bond acceptors (Lipinski definition) is 2. The molecular weight excluding hydrogens is 236 g/mol. The van der Waals surface area contributed by atoms with Gasteiger partial charge in [0.25, 0.3) is 0 Å². The summed E-state index contributed by atoms with van der Waals surface area (Å²) in [5.41, 5.74) is 5.64. The van der Waals surface area contributed by atoms with E-state index in [0.717, 1.165) is 44.4 Å². The number of nitrogens with one attached hydrogen (secondary N) is 1. The van der Waals surface area contributed by atoms with Gasteiger partial charge in [-0.05, 0) is 44.4 Å². The molecule has 0 aromatic carbocycles. The van der Waals surface area contributed by atoms with Crippen LogP contribution in [0.3, 0.4) is 0 Å². The summed E-state index contributed by atoms with van der Waals surface area (Å²) < 4.78 is 0. The van der Waals surface area contributed by atoms with Crippen molar-refractivity contribution in [2.45, 2.75) is 89.1 Å². The second kappa shape index (κ2) is 6.74. The molecule has 2 fully saturated rings. The van der Waals surface area contributed by atoms with Crippen LogP contribution < -0.4 is 11.1 Å². The third-order valence-corrected chi connectivity index (χ3v) is 5.10. The van der Waals surface area contributed by atoms with Gasteiger partial charge in [0, 0.05) is 6.04 Å². The summed E-state index contributed by atoms with van der Waals surface area (Å²) in [5.74, 6) is 1.01. The lowest BCUT2D eigenvalue weighted by Gasteiger charge is -2.32. The number of carbonyl (C=O) groups is 1. The molecule has 0 aliphatic heterocycles. The van der Waals surface area contributed by atoms with Gasteiger partial charge < -0.3 is 11.1 Å². The molecule has 0 saturated heterocycles. The zero-order chi connectivity index (χ0) is 13.7. The summed E-state index contributed by atoms with van der Waals surface area (Å²) in [5, 5.41) is 3.21. The van der Waals surface area contributed by atoms with E-state index in [1.807, 2.05) is 0 Å². The molecule has 3 N–H and O–H groups in total. The van der Waals surface area contributed by atoms with Crippen LogP contribution >= 0.6 is 0 Å². The Hall–Kier alpha value is -0.570. The monoisotopic (exact) mass is 266 g/mol. The summed E-state index contributed by atoms with van der Waals surface area (Å²) in [4.78, 5) is 12.3. The van der Waals surface area contributed by atoms with Crippen LogP contribution in [0.25, 0.3) is 0 Å². The highest BCUT2D eigenvalue weighted by atomic mass is 16.2. The van der Waals surface area contributed by atoms with Gasteiger partial charge in [-0.1, -0.05) is 39.0 Å². The van der Waals surface area contributed by atoms with E-state index in [1.165, 1.54) is 32.1 Å². The van der Waals surface area contributed by atoms with Crippen molar-refractivity contribution in [1.82, 2.24) is 5.32 Å². The molecule has 2 rings (SSSR count). The SMILES string of the molecule is CCCCC1CCC(NC(=O)C2(N)CCCC2)CC1. The first-order valence-corrected chi connectivity index (χ1v) is 8.24. The zero-order valence-corrected chi connectivity index (χ0v) is 12.4. The normalized spacial score (nSPS) is 30.2. The Bertz CT molecular complexity index is 289. The van der Waals surface area contributed by atoms with Crippen molar-refractivity contribution in [3.05, 3.63) is 0 Å². The van der Waals surface area contributed by atoms with Crippen LogP contribution in [0.4, 0.5) is 0 Å². The van der Waals surface area contributed by atoms with Crippen molar-refractivity contribution in [2.24, 2.45) is 11.7 Å². The van der Waals surface area contributed by atoms with Crippen molar-refractivity contribution in [3.8, 4) is 0 Å². The maximum Gasteiger partial charge on any atom is 0.240 e. The maximum atomic E-state index is 12.3. The molecule has 2 saturated carbocycles. The lowest BCUT2D eigenvalue weighted by Crippen LogP contribution is -2.54. The highest BCUT2D eigenvalue weighted by Crippen LogP contribution is 2.30. The standard InChI is InChI=1S/C16H30N2O/c1-2-3-6-13-7-9-14(10-8-13)18-15(19)16(17)11-4-5-12-16/h13-14H,2-12,17H2,1H3,(H,18,19). The molecule has 0 aromatic rings. The van der Waals surface area contributed by atoms with Gasteiger partial charge in [0.1, 0.15) is 0 Å². The van der Waals surface area contributed by atoms with E-state index >= 15 is 0 Å². The van der Waals surface area contributed by atoms with Crippen molar-refractivity contribution >= 4 is 5.91 Å². The largest absolute Gasteiger partial charge is 0.352 e. The minimum atomic E-state index is -0.556. The molecule has 0 heterocycles. The number of rotatable bonds is 5. The summed E-state index contributed by atoms with van der Waals surface area (Å²) in [6.07, 6.45) is 12.8. The number of nitrogens with two attached hydrogens (primary N) is 1. The fourth-order valence-corrected chi connectivity index (χ4v) is 3.65. The highest BCUT2D eigenvalue weighted by Gasteiger charge is 2.38. The molecule has 3 heteroatoms. The van der Waals surface area contributed by atoms with Gasteiger partial charge in [0.05, 0.1) is 5.54 Å². The Kier molecular flexibility index (Phi) is 5.26. The van der Waals surface area contributed by atoms with Crippen LogP contribution in [-0.2, 0) is 4.79 Å². The average molecular weight is 266 g/mol. The fraction of sp³-hybridized carbons (Fsp3) is 0.938. The number of hydrogen-bond donors (Lipinski definition) is 2. The quantitative estimate of drug-likeness (QED) is 0.803. The van der Waals surface area contributed by atoms with Crippen molar-refractivity contribution in [3.63, 3.8) is 0 Å². The van der Waals surface area contributed by atoms with Gasteiger partial charge in [0.2, 0.25) is 5.91 Å². The van der Waals surface area contributed by atoms with Gasteiger partial charge in [-0.15, -0.1) is 0 Å². The Balaban J connectivity index is 1.72. The maximum absolute atomic E-state index is 12.3. The topological polar surface area (TPSA) is 55.1 Å². The van der Waals surface area contributed by atoms with Crippen LogP contribution in [-0.4, -0.2) is 17.5 Å². The van der Waals surface area contributed by atoms with Crippen molar-refractivity contribution < 1.29 is 4.79 Å². The molecule has 1 amide bonds. The molecule has 0 bridgehead atoms. The molecule has 0 spiro atoms. The molecule has 0 radical (unpaired) electrons. The third-order valence-electron chi connectivity index (χ3n) is 5.10. The first-order valence-electron chi connectivity index (χ1n) is 8.24. The average Bonchev–Trinajstić information content (AvgIpc) is 2.86. The number of unbranched alkanes of at least 4 members (excludes halogenated alkanes) is 1. The van der Waals surface area contributed by atoms with E-state index in [2.05, 4.69) is 12.2 Å². The predicted molar refractivity (Wildman–Crippen MR) is 78.8 cm³/mol. The lowest BCUT2D eigenvalue weighted by molar-refractivity contribution is -0.127. The Morgan fingerprint density at radius 2 is 1.84 bits per heavy atom. The van der Waals surface area contributed by atoms with E-state index < -0.39 is 5.54 Å². The number of carbonyl (C=O) groups excluding carboxylic acids is 1. The molecule has 0 atom stereocenters.